The van der Waals surface area contributed by atoms with E-state index in [1.807, 2.05) is 6.07 Å². The van der Waals surface area contributed by atoms with Gasteiger partial charge in [-0.05, 0) is 54.8 Å². The first-order chi connectivity index (χ1) is 11.9. The van der Waals surface area contributed by atoms with Gasteiger partial charge in [0.1, 0.15) is 22.1 Å². The number of aryl methyl sites for hydroxylation is 1. The van der Waals surface area contributed by atoms with E-state index in [1.165, 1.54) is 49.6 Å². The van der Waals surface area contributed by atoms with Gasteiger partial charge in [0.25, 0.3) is 10.1 Å². The van der Waals surface area contributed by atoms with Crippen molar-refractivity contribution in [1.29, 1.82) is 0 Å². The second-order valence-electron chi connectivity index (χ2n) is 6.02. The molecule has 5 nitrogen and oxygen atoms in total. The molecule has 0 aliphatic rings. The molecule has 2 aromatic carbocycles. The summed E-state index contributed by atoms with van der Waals surface area (Å²) in [6.45, 7) is 2.16. The SMILES string of the molecule is CCCCCCCc1ccc(Oc2ccc(O)cc2)c(S(=O)(=O)O)c1. The van der Waals surface area contributed by atoms with Gasteiger partial charge in [-0.1, -0.05) is 38.7 Å². The summed E-state index contributed by atoms with van der Waals surface area (Å²) in [5.74, 6) is 0.513. The maximum Gasteiger partial charge on any atom is 0.298 e. The summed E-state index contributed by atoms with van der Waals surface area (Å²) in [5, 5.41) is 9.29. The molecule has 0 saturated heterocycles. The quantitative estimate of drug-likeness (QED) is 0.486. The summed E-state index contributed by atoms with van der Waals surface area (Å²) >= 11 is 0. The largest absolute Gasteiger partial charge is 0.508 e. The van der Waals surface area contributed by atoms with Crippen LogP contribution in [0, 0.1) is 0 Å². The molecule has 0 aromatic heterocycles. The minimum Gasteiger partial charge on any atom is -0.508 e. The van der Waals surface area contributed by atoms with Crippen molar-refractivity contribution in [2.45, 2.75) is 50.3 Å². The zero-order valence-corrected chi connectivity index (χ0v) is 15.1. The fourth-order valence-corrected chi connectivity index (χ4v) is 3.23. The van der Waals surface area contributed by atoms with Gasteiger partial charge in [-0.3, -0.25) is 4.55 Å². The van der Waals surface area contributed by atoms with Crippen molar-refractivity contribution in [2.75, 3.05) is 0 Å². The third-order valence-electron chi connectivity index (χ3n) is 3.92. The van der Waals surface area contributed by atoms with Gasteiger partial charge in [0.15, 0.2) is 0 Å². The van der Waals surface area contributed by atoms with E-state index < -0.39 is 10.1 Å². The van der Waals surface area contributed by atoms with Crippen LogP contribution in [0.1, 0.15) is 44.6 Å². The third-order valence-corrected chi connectivity index (χ3v) is 4.79. The summed E-state index contributed by atoms with van der Waals surface area (Å²) in [6, 6.07) is 10.7. The lowest BCUT2D eigenvalue weighted by atomic mass is 10.1. The third kappa shape index (κ3) is 6.07. The van der Waals surface area contributed by atoms with Crippen LogP contribution in [-0.2, 0) is 16.5 Å². The molecule has 0 aliphatic carbocycles. The number of phenolic OH excluding ortho intramolecular Hbond substituents is 1. The van der Waals surface area contributed by atoms with Crippen LogP contribution < -0.4 is 4.74 Å². The van der Waals surface area contributed by atoms with Gasteiger partial charge >= 0.3 is 0 Å². The van der Waals surface area contributed by atoms with Crippen molar-refractivity contribution in [3.63, 3.8) is 0 Å². The molecule has 0 aliphatic heterocycles. The number of hydrogen-bond donors (Lipinski definition) is 2. The fraction of sp³-hybridized carbons (Fsp3) is 0.368. The van der Waals surface area contributed by atoms with Crippen LogP contribution in [-0.4, -0.2) is 18.1 Å². The molecule has 0 amide bonds. The first-order valence-electron chi connectivity index (χ1n) is 8.47. The topological polar surface area (TPSA) is 83.8 Å². The van der Waals surface area contributed by atoms with Gasteiger partial charge in [0.05, 0.1) is 0 Å². The number of benzene rings is 2. The molecule has 0 heterocycles. The van der Waals surface area contributed by atoms with Crippen molar-refractivity contribution in [3.8, 4) is 17.2 Å². The van der Waals surface area contributed by atoms with E-state index in [2.05, 4.69) is 6.92 Å². The Balaban J connectivity index is 2.15. The molecule has 2 N–H and O–H groups in total. The van der Waals surface area contributed by atoms with E-state index >= 15 is 0 Å². The number of ether oxygens (including phenoxy) is 1. The van der Waals surface area contributed by atoms with Crippen LogP contribution in [0.5, 0.6) is 17.2 Å². The molecular formula is C19H24O5S. The maximum absolute atomic E-state index is 11.7. The van der Waals surface area contributed by atoms with Crippen molar-refractivity contribution in [1.82, 2.24) is 0 Å². The lowest BCUT2D eigenvalue weighted by Crippen LogP contribution is -2.02. The zero-order chi connectivity index (χ0) is 18.3. The van der Waals surface area contributed by atoms with Gasteiger partial charge in [-0.15, -0.1) is 0 Å². The number of unbranched alkanes of at least 4 members (excludes halogenated alkanes) is 4. The van der Waals surface area contributed by atoms with E-state index in [9.17, 15) is 18.1 Å². The van der Waals surface area contributed by atoms with Crippen molar-refractivity contribution in [2.24, 2.45) is 0 Å². The molecule has 2 rings (SSSR count). The number of phenols is 1. The Labute approximate surface area is 149 Å². The first kappa shape index (κ1) is 19.3. The van der Waals surface area contributed by atoms with Crippen molar-refractivity contribution in [3.05, 3.63) is 48.0 Å². The van der Waals surface area contributed by atoms with Crippen LogP contribution in [0.25, 0.3) is 0 Å². The summed E-state index contributed by atoms with van der Waals surface area (Å²) < 4.78 is 38.5. The molecule has 6 heteroatoms. The molecule has 0 atom stereocenters. The number of hydrogen-bond acceptors (Lipinski definition) is 4. The second-order valence-corrected chi connectivity index (χ2v) is 7.41. The normalized spacial score (nSPS) is 11.4. The molecule has 25 heavy (non-hydrogen) atoms. The summed E-state index contributed by atoms with van der Waals surface area (Å²) in [7, 11) is -4.40. The highest BCUT2D eigenvalue weighted by Gasteiger charge is 2.18. The molecule has 136 valence electrons. The minimum absolute atomic E-state index is 0.0583. The van der Waals surface area contributed by atoms with Gasteiger partial charge in [-0.2, -0.15) is 8.42 Å². The maximum atomic E-state index is 11.7. The summed E-state index contributed by atoms with van der Waals surface area (Å²) in [5.41, 5.74) is 0.849. The van der Waals surface area contributed by atoms with Gasteiger partial charge in [0.2, 0.25) is 0 Å². The van der Waals surface area contributed by atoms with E-state index in [0.717, 1.165) is 24.8 Å². The number of rotatable bonds is 9. The highest BCUT2D eigenvalue weighted by molar-refractivity contribution is 7.86. The predicted octanol–water partition coefficient (Wildman–Crippen LogP) is 4.94. The van der Waals surface area contributed by atoms with E-state index in [0.29, 0.717) is 5.75 Å². The lowest BCUT2D eigenvalue weighted by Gasteiger charge is -2.11. The van der Waals surface area contributed by atoms with Crippen LogP contribution in [0.4, 0.5) is 0 Å². The highest BCUT2D eigenvalue weighted by Crippen LogP contribution is 2.31. The molecule has 2 aromatic rings. The molecule has 0 bridgehead atoms. The summed E-state index contributed by atoms with van der Waals surface area (Å²) in [6.07, 6.45) is 6.38. The Morgan fingerprint density at radius 3 is 2.28 bits per heavy atom. The van der Waals surface area contributed by atoms with Crippen molar-refractivity contribution < 1.29 is 22.8 Å². The minimum atomic E-state index is -4.40. The lowest BCUT2D eigenvalue weighted by molar-refractivity contribution is 0.445. The monoisotopic (exact) mass is 364 g/mol. The van der Waals surface area contributed by atoms with Crippen LogP contribution >= 0.6 is 0 Å². The Kier molecular flexibility index (Phi) is 6.84. The molecule has 0 saturated carbocycles. The van der Waals surface area contributed by atoms with E-state index in [-0.39, 0.29) is 16.4 Å². The molecular weight excluding hydrogens is 340 g/mol. The predicted molar refractivity (Wildman–Crippen MR) is 96.9 cm³/mol. The molecule has 0 radical (unpaired) electrons. The Bertz CT molecular complexity index is 782. The molecule has 0 unspecified atom stereocenters. The Morgan fingerprint density at radius 2 is 1.64 bits per heavy atom. The summed E-state index contributed by atoms with van der Waals surface area (Å²) in [4.78, 5) is -0.244. The number of aromatic hydroxyl groups is 1. The van der Waals surface area contributed by atoms with Gasteiger partial charge in [0, 0.05) is 0 Å². The second kappa shape index (κ2) is 8.87. The average Bonchev–Trinajstić information content (AvgIpc) is 2.57. The van der Waals surface area contributed by atoms with Crippen LogP contribution in [0.3, 0.4) is 0 Å². The highest BCUT2D eigenvalue weighted by atomic mass is 32.2. The fourth-order valence-electron chi connectivity index (χ4n) is 2.57. The van der Waals surface area contributed by atoms with Gasteiger partial charge in [-0.25, -0.2) is 0 Å². The Morgan fingerprint density at radius 1 is 0.960 bits per heavy atom. The van der Waals surface area contributed by atoms with Crippen molar-refractivity contribution >= 4 is 10.1 Å². The standard InChI is InChI=1S/C19H24O5S/c1-2-3-4-5-6-7-15-8-13-18(19(14-15)25(21,22)23)24-17-11-9-16(20)10-12-17/h8-14,20H,2-7H2,1H3,(H,21,22,23). The zero-order valence-electron chi connectivity index (χ0n) is 14.3. The Hall–Kier alpha value is -2.05. The first-order valence-corrected chi connectivity index (χ1v) is 9.91. The molecule has 0 spiro atoms. The molecule has 0 fully saturated rings. The van der Waals surface area contributed by atoms with E-state index in [1.54, 1.807) is 6.07 Å². The average molecular weight is 364 g/mol. The van der Waals surface area contributed by atoms with Crippen LogP contribution in [0.2, 0.25) is 0 Å². The van der Waals surface area contributed by atoms with Gasteiger partial charge < -0.3 is 9.84 Å². The van der Waals surface area contributed by atoms with E-state index in [4.69, 9.17) is 4.74 Å². The smallest absolute Gasteiger partial charge is 0.298 e. The van der Waals surface area contributed by atoms with Crippen LogP contribution in [0.15, 0.2) is 47.4 Å².